The molecule has 7 heteroatoms. The van der Waals surface area contributed by atoms with Gasteiger partial charge in [-0.1, -0.05) is 0 Å². The van der Waals surface area contributed by atoms with Gasteiger partial charge in [0.25, 0.3) is 11.5 Å². The Hall–Kier alpha value is -2.83. The van der Waals surface area contributed by atoms with E-state index in [0.29, 0.717) is 11.3 Å². The maximum atomic E-state index is 11.9. The summed E-state index contributed by atoms with van der Waals surface area (Å²) in [6, 6.07) is 6.39. The van der Waals surface area contributed by atoms with Crippen molar-refractivity contribution in [3.8, 4) is 5.75 Å². The van der Waals surface area contributed by atoms with Gasteiger partial charge in [0.2, 0.25) is 0 Å². The van der Waals surface area contributed by atoms with E-state index in [1.165, 1.54) is 7.11 Å². The Morgan fingerprint density at radius 1 is 1.21 bits per heavy atom. The zero-order valence-corrected chi connectivity index (χ0v) is 10.0. The number of ether oxygens (including phenoxy) is 1. The highest BCUT2D eigenvalue weighted by molar-refractivity contribution is 6.04. The zero-order chi connectivity index (χ0) is 13.8. The van der Waals surface area contributed by atoms with Crippen LogP contribution in [-0.2, 0) is 0 Å². The van der Waals surface area contributed by atoms with Crippen LogP contribution in [-0.4, -0.2) is 23.0 Å². The van der Waals surface area contributed by atoms with Crippen LogP contribution in [0.3, 0.4) is 0 Å². The van der Waals surface area contributed by atoms with Gasteiger partial charge in [-0.15, -0.1) is 0 Å². The minimum atomic E-state index is -0.661. The molecule has 1 aromatic carbocycles. The second kappa shape index (κ2) is 5.21. The Kier molecular flexibility index (Phi) is 3.46. The molecule has 2 aromatic rings. The predicted molar refractivity (Wildman–Crippen MR) is 68.6 cm³/mol. The highest BCUT2D eigenvalue weighted by Gasteiger charge is 2.08. The summed E-state index contributed by atoms with van der Waals surface area (Å²) in [5, 5.41) is 2.40. The van der Waals surface area contributed by atoms with E-state index in [1.54, 1.807) is 24.3 Å². The Balaban J connectivity index is 2.20. The average Bonchev–Trinajstić information content (AvgIpc) is 2.42. The third-order valence-electron chi connectivity index (χ3n) is 2.42. The van der Waals surface area contributed by atoms with Gasteiger partial charge in [-0.25, -0.2) is 4.79 Å². The number of hydrogen-bond donors (Lipinski definition) is 3. The summed E-state index contributed by atoms with van der Waals surface area (Å²) >= 11 is 0. The maximum Gasteiger partial charge on any atom is 0.325 e. The molecule has 3 N–H and O–H groups in total. The second-order valence-electron chi connectivity index (χ2n) is 3.67. The number of aromatic amines is 2. The van der Waals surface area contributed by atoms with Crippen molar-refractivity contribution in [3.05, 3.63) is 56.9 Å². The first kappa shape index (κ1) is 12.6. The van der Waals surface area contributed by atoms with Crippen molar-refractivity contribution >= 4 is 11.6 Å². The van der Waals surface area contributed by atoms with Gasteiger partial charge in [0.15, 0.2) is 0 Å². The third kappa shape index (κ3) is 2.89. The summed E-state index contributed by atoms with van der Waals surface area (Å²) in [6.07, 6.45) is 1.14. The van der Waals surface area contributed by atoms with Gasteiger partial charge in [-0.05, 0) is 24.3 Å². The van der Waals surface area contributed by atoms with E-state index >= 15 is 0 Å². The Bertz CT molecular complexity index is 700. The fraction of sp³-hybridized carbons (Fsp3) is 0.0833. The van der Waals surface area contributed by atoms with Crippen molar-refractivity contribution in [3.63, 3.8) is 0 Å². The lowest BCUT2D eigenvalue weighted by atomic mass is 10.2. The first-order valence-corrected chi connectivity index (χ1v) is 5.37. The molecule has 0 spiro atoms. The second-order valence-corrected chi connectivity index (χ2v) is 3.67. The molecule has 0 saturated heterocycles. The first-order chi connectivity index (χ1) is 9.10. The summed E-state index contributed by atoms with van der Waals surface area (Å²) < 4.78 is 4.97. The molecule has 0 unspecified atom stereocenters. The molecule has 0 fully saturated rings. The Morgan fingerprint density at radius 2 is 1.89 bits per heavy atom. The Labute approximate surface area is 107 Å². The number of rotatable bonds is 3. The lowest BCUT2D eigenvalue weighted by molar-refractivity contribution is 0.102. The monoisotopic (exact) mass is 261 g/mol. The van der Waals surface area contributed by atoms with E-state index in [-0.39, 0.29) is 5.69 Å². The predicted octanol–water partition coefficient (Wildman–Crippen LogP) is 0.324. The maximum absolute atomic E-state index is 11.9. The van der Waals surface area contributed by atoms with E-state index < -0.39 is 17.2 Å². The smallest absolute Gasteiger partial charge is 0.325 e. The molecule has 1 aromatic heterocycles. The SMILES string of the molecule is COc1ccc(C(=O)Nc2c[nH]c(=O)[nH]c2=O)cc1. The minimum absolute atomic E-state index is 0.0274. The lowest BCUT2D eigenvalue weighted by Crippen LogP contribution is -2.26. The summed E-state index contributed by atoms with van der Waals surface area (Å²) in [5.41, 5.74) is -0.954. The first-order valence-electron chi connectivity index (χ1n) is 5.37. The molecule has 1 heterocycles. The van der Waals surface area contributed by atoms with Gasteiger partial charge in [0.05, 0.1) is 7.11 Å². The minimum Gasteiger partial charge on any atom is -0.497 e. The summed E-state index contributed by atoms with van der Waals surface area (Å²) in [5.74, 6) is 0.165. The van der Waals surface area contributed by atoms with Gasteiger partial charge < -0.3 is 15.0 Å². The molecule has 2 rings (SSSR count). The van der Waals surface area contributed by atoms with Crippen LogP contribution in [0.4, 0.5) is 5.69 Å². The average molecular weight is 261 g/mol. The van der Waals surface area contributed by atoms with Crippen molar-refractivity contribution in [2.75, 3.05) is 12.4 Å². The molecule has 0 bridgehead atoms. The lowest BCUT2D eigenvalue weighted by Gasteiger charge is -2.04. The van der Waals surface area contributed by atoms with Crippen LogP contribution < -0.4 is 21.3 Å². The fourth-order valence-electron chi connectivity index (χ4n) is 1.44. The van der Waals surface area contributed by atoms with Crippen LogP contribution in [0.2, 0.25) is 0 Å². The van der Waals surface area contributed by atoms with Gasteiger partial charge in [-0.2, -0.15) is 0 Å². The molecule has 0 aliphatic carbocycles. The molecule has 0 atom stereocenters. The van der Waals surface area contributed by atoms with Crippen LogP contribution in [0.5, 0.6) is 5.75 Å². The van der Waals surface area contributed by atoms with Crippen LogP contribution in [0.15, 0.2) is 40.1 Å². The number of carbonyl (C=O) groups is 1. The van der Waals surface area contributed by atoms with Crippen LogP contribution in [0.1, 0.15) is 10.4 Å². The van der Waals surface area contributed by atoms with Crippen molar-refractivity contribution in [1.82, 2.24) is 9.97 Å². The fourth-order valence-corrected chi connectivity index (χ4v) is 1.44. The van der Waals surface area contributed by atoms with E-state index in [4.69, 9.17) is 4.74 Å². The van der Waals surface area contributed by atoms with Gasteiger partial charge >= 0.3 is 5.69 Å². The number of anilines is 1. The van der Waals surface area contributed by atoms with E-state index in [2.05, 4.69) is 10.3 Å². The number of amides is 1. The standard InChI is InChI=1S/C12H11N3O4/c1-19-8-4-2-7(3-5-8)10(16)14-9-6-13-12(18)15-11(9)17/h2-6H,1H3,(H,14,16)(H2,13,15,17,18). The molecular formula is C12H11N3O4. The highest BCUT2D eigenvalue weighted by Crippen LogP contribution is 2.12. The molecule has 0 saturated carbocycles. The summed E-state index contributed by atoms with van der Waals surface area (Å²) in [4.78, 5) is 38.4. The van der Waals surface area contributed by atoms with E-state index in [0.717, 1.165) is 6.20 Å². The number of aromatic nitrogens is 2. The number of hydrogen-bond acceptors (Lipinski definition) is 4. The summed E-state index contributed by atoms with van der Waals surface area (Å²) in [6.45, 7) is 0. The molecule has 1 amide bonds. The molecule has 19 heavy (non-hydrogen) atoms. The third-order valence-corrected chi connectivity index (χ3v) is 2.42. The zero-order valence-electron chi connectivity index (χ0n) is 10.0. The van der Waals surface area contributed by atoms with Crippen LogP contribution >= 0.6 is 0 Å². The summed E-state index contributed by atoms with van der Waals surface area (Å²) in [7, 11) is 1.52. The van der Waals surface area contributed by atoms with Gasteiger partial charge in [-0.3, -0.25) is 14.6 Å². The molecule has 0 aliphatic rings. The van der Waals surface area contributed by atoms with Crippen molar-refractivity contribution in [2.24, 2.45) is 0 Å². The van der Waals surface area contributed by atoms with Crippen LogP contribution in [0, 0.1) is 0 Å². The van der Waals surface area contributed by atoms with E-state index in [9.17, 15) is 14.4 Å². The quantitative estimate of drug-likeness (QED) is 0.740. The Morgan fingerprint density at radius 3 is 2.47 bits per heavy atom. The van der Waals surface area contributed by atoms with Crippen molar-refractivity contribution < 1.29 is 9.53 Å². The largest absolute Gasteiger partial charge is 0.497 e. The molecule has 0 aliphatic heterocycles. The molecule has 7 nitrogen and oxygen atoms in total. The molecule has 0 radical (unpaired) electrons. The van der Waals surface area contributed by atoms with Gasteiger partial charge in [0, 0.05) is 11.8 Å². The number of H-pyrrole nitrogens is 2. The van der Waals surface area contributed by atoms with E-state index in [1.807, 2.05) is 4.98 Å². The molecule has 98 valence electrons. The van der Waals surface area contributed by atoms with Gasteiger partial charge in [0.1, 0.15) is 11.4 Å². The highest BCUT2D eigenvalue weighted by atomic mass is 16.5. The number of methoxy groups -OCH3 is 1. The number of nitrogens with one attached hydrogen (secondary N) is 3. The number of carbonyl (C=O) groups excluding carboxylic acids is 1. The number of benzene rings is 1. The van der Waals surface area contributed by atoms with Crippen molar-refractivity contribution in [1.29, 1.82) is 0 Å². The molecular weight excluding hydrogens is 250 g/mol. The topological polar surface area (TPSA) is 104 Å². The van der Waals surface area contributed by atoms with Crippen molar-refractivity contribution in [2.45, 2.75) is 0 Å². The normalized spacial score (nSPS) is 9.95. The van der Waals surface area contributed by atoms with Crippen LogP contribution in [0.25, 0.3) is 0 Å².